The summed E-state index contributed by atoms with van der Waals surface area (Å²) in [5, 5.41) is 21.1. The number of pyridine rings is 1. The summed E-state index contributed by atoms with van der Waals surface area (Å²) in [4.78, 5) is 17.1. The molecule has 3 rings (SSSR count). The van der Waals surface area contributed by atoms with Crippen molar-refractivity contribution in [3.63, 3.8) is 0 Å². The Morgan fingerprint density at radius 3 is 2.51 bits per heavy atom. The van der Waals surface area contributed by atoms with Gasteiger partial charge in [-0.15, -0.1) is 0 Å². The summed E-state index contributed by atoms with van der Waals surface area (Å²) in [5.74, 6) is -7.12. The SMILES string of the molecule is COCCOc1c([C@H]2[C@H](C(=O)Nc3ccc([C@@H](O)CO)nc3)O[C@@](C)(C(F)(F)F)[C@H]2C)ccc(F)c1F. The van der Waals surface area contributed by atoms with E-state index in [0.717, 1.165) is 25.3 Å². The summed E-state index contributed by atoms with van der Waals surface area (Å²) in [6, 6.07) is 4.45. The number of aliphatic hydroxyl groups excluding tert-OH is 2. The van der Waals surface area contributed by atoms with E-state index in [4.69, 9.17) is 19.3 Å². The molecule has 1 fully saturated rings. The Labute approximate surface area is 209 Å². The van der Waals surface area contributed by atoms with Gasteiger partial charge in [0, 0.05) is 24.5 Å². The van der Waals surface area contributed by atoms with E-state index in [0.29, 0.717) is 0 Å². The number of alkyl halides is 3. The highest BCUT2D eigenvalue weighted by molar-refractivity contribution is 5.95. The number of carbonyl (C=O) groups excluding carboxylic acids is 1. The van der Waals surface area contributed by atoms with Crippen LogP contribution >= 0.6 is 0 Å². The van der Waals surface area contributed by atoms with Gasteiger partial charge in [0.25, 0.3) is 5.91 Å². The van der Waals surface area contributed by atoms with Gasteiger partial charge >= 0.3 is 6.18 Å². The van der Waals surface area contributed by atoms with Gasteiger partial charge in [0.2, 0.25) is 5.82 Å². The Balaban J connectivity index is 2.02. The molecule has 1 aromatic heterocycles. The molecule has 0 bridgehead atoms. The topological polar surface area (TPSA) is 110 Å². The minimum Gasteiger partial charge on any atom is -0.488 e. The van der Waals surface area contributed by atoms with Gasteiger partial charge < -0.3 is 29.7 Å². The van der Waals surface area contributed by atoms with Crippen LogP contribution in [0.2, 0.25) is 0 Å². The Hall–Kier alpha value is -2.87. The predicted molar refractivity (Wildman–Crippen MR) is 120 cm³/mol. The number of anilines is 1. The zero-order valence-electron chi connectivity index (χ0n) is 20.2. The number of aromatic nitrogens is 1. The van der Waals surface area contributed by atoms with Gasteiger partial charge in [-0.1, -0.05) is 13.0 Å². The molecule has 37 heavy (non-hydrogen) atoms. The van der Waals surface area contributed by atoms with Crippen molar-refractivity contribution in [1.29, 1.82) is 0 Å². The van der Waals surface area contributed by atoms with Crippen LogP contribution < -0.4 is 10.1 Å². The number of nitrogens with zero attached hydrogens (tertiary/aromatic N) is 1. The molecule has 13 heteroatoms. The van der Waals surface area contributed by atoms with E-state index >= 15 is 0 Å². The third kappa shape index (κ3) is 5.69. The van der Waals surface area contributed by atoms with Crippen molar-refractivity contribution in [1.82, 2.24) is 4.98 Å². The molecule has 1 aliphatic rings. The van der Waals surface area contributed by atoms with Gasteiger partial charge in [0.15, 0.2) is 17.2 Å². The van der Waals surface area contributed by atoms with Crippen LogP contribution in [0.1, 0.15) is 37.1 Å². The van der Waals surface area contributed by atoms with Gasteiger partial charge in [-0.3, -0.25) is 9.78 Å². The average Bonchev–Trinajstić information content (AvgIpc) is 3.13. The zero-order valence-corrected chi connectivity index (χ0v) is 20.2. The van der Waals surface area contributed by atoms with Crippen LogP contribution in [0.3, 0.4) is 0 Å². The minimum atomic E-state index is -4.90. The highest BCUT2D eigenvalue weighted by atomic mass is 19.4. The third-order valence-electron chi connectivity index (χ3n) is 6.47. The highest BCUT2D eigenvalue weighted by Gasteiger charge is 2.66. The van der Waals surface area contributed by atoms with Crippen molar-refractivity contribution in [2.24, 2.45) is 5.92 Å². The molecule has 1 amide bonds. The van der Waals surface area contributed by atoms with Gasteiger partial charge in [0.1, 0.15) is 18.8 Å². The molecule has 1 saturated heterocycles. The lowest BCUT2D eigenvalue weighted by molar-refractivity contribution is -0.272. The number of nitrogens with one attached hydrogen (secondary N) is 1. The Morgan fingerprint density at radius 2 is 1.95 bits per heavy atom. The number of hydrogen-bond acceptors (Lipinski definition) is 7. The fraction of sp³-hybridized carbons (Fsp3) is 0.500. The monoisotopic (exact) mass is 534 g/mol. The number of rotatable bonds is 9. The lowest BCUT2D eigenvalue weighted by Crippen LogP contribution is -2.47. The van der Waals surface area contributed by atoms with E-state index in [2.05, 4.69) is 10.3 Å². The number of benzene rings is 1. The van der Waals surface area contributed by atoms with Crippen LogP contribution in [0.25, 0.3) is 0 Å². The molecule has 0 spiro atoms. The molecule has 2 aromatic rings. The molecular formula is C24H27F5N2O6. The number of ether oxygens (including phenoxy) is 3. The average molecular weight is 534 g/mol. The predicted octanol–water partition coefficient (Wildman–Crippen LogP) is 3.49. The molecule has 204 valence electrons. The van der Waals surface area contributed by atoms with Crippen molar-refractivity contribution < 1.29 is 51.2 Å². The van der Waals surface area contributed by atoms with E-state index < -0.39 is 65.7 Å². The zero-order chi connectivity index (χ0) is 27.5. The lowest BCUT2D eigenvalue weighted by Gasteiger charge is -2.32. The van der Waals surface area contributed by atoms with Crippen molar-refractivity contribution in [3.05, 3.63) is 53.4 Å². The molecule has 1 aromatic carbocycles. The maximum atomic E-state index is 14.8. The fourth-order valence-electron chi connectivity index (χ4n) is 4.19. The van der Waals surface area contributed by atoms with E-state index in [1.807, 2.05) is 0 Å². The van der Waals surface area contributed by atoms with Crippen molar-refractivity contribution >= 4 is 11.6 Å². The summed E-state index contributed by atoms with van der Waals surface area (Å²) in [6.45, 7) is 1.17. The van der Waals surface area contributed by atoms with Crippen molar-refractivity contribution in [3.8, 4) is 5.75 Å². The van der Waals surface area contributed by atoms with Crippen LogP contribution in [0.15, 0.2) is 30.5 Å². The smallest absolute Gasteiger partial charge is 0.417 e. The second-order valence-electron chi connectivity index (χ2n) is 8.74. The van der Waals surface area contributed by atoms with E-state index in [-0.39, 0.29) is 30.2 Å². The molecule has 0 radical (unpaired) electrons. The number of methoxy groups -OCH3 is 1. The lowest BCUT2D eigenvalue weighted by atomic mass is 9.77. The van der Waals surface area contributed by atoms with Crippen LogP contribution in [-0.4, -0.2) is 65.9 Å². The number of hydrogen-bond donors (Lipinski definition) is 3. The molecule has 8 nitrogen and oxygen atoms in total. The van der Waals surface area contributed by atoms with Gasteiger partial charge in [-0.05, 0) is 25.1 Å². The largest absolute Gasteiger partial charge is 0.488 e. The van der Waals surface area contributed by atoms with Crippen LogP contribution in [0, 0.1) is 17.6 Å². The Morgan fingerprint density at radius 1 is 1.24 bits per heavy atom. The van der Waals surface area contributed by atoms with E-state index in [1.54, 1.807) is 0 Å². The maximum absolute atomic E-state index is 14.8. The second-order valence-corrected chi connectivity index (χ2v) is 8.74. The van der Waals surface area contributed by atoms with Crippen molar-refractivity contribution in [2.75, 3.05) is 32.2 Å². The van der Waals surface area contributed by atoms with Gasteiger partial charge in [0.05, 0.1) is 30.8 Å². The number of amides is 1. The molecular weight excluding hydrogens is 507 g/mol. The van der Waals surface area contributed by atoms with Gasteiger partial charge in [-0.25, -0.2) is 4.39 Å². The van der Waals surface area contributed by atoms with Crippen molar-refractivity contribution in [2.45, 2.75) is 43.8 Å². The molecule has 5 atom stereocenters. The first kappa shape index (κ1) is 28.7. The summed E-state index contributed by atoms with van der Waals surface area (Å²) >= 11 is 0. The standard InChI is InChI=1S/C24H27F5N2O6/c1-12-18(14-5-6-15(25)19(26)20(14)36-9-8-35-3)21(37-23(12,2)24(27,28)29)22(34)31-13-4-7-16(30-10-13)17(33)11-32/h4-7,10,12,17-18,21,32-33H,8-9,11H2,1-3H3,(H,31,34)/t12-,17-,18-,21+,23+/m0/s1. The first-order chi connectivity index (χ1) is 17.4. The molecule has 3 N–H and O–H groups in total. The molecule has 2 heterocycles. The summed E-state index contributed by atoms with van der Waals surface area (Å²) in [7, 11) is 1.35. The molecule has 0 aliphatic carbocycles. The van der Waals surface area contributed by atoms with E-state index in [9.17, 15) is 31.9 Å². The molecule has 1 aliphatic heterocycles. The minimum absolute atomic E-state index is 0.00965. The van der Waals surface area contributed by atoms with E-state index in [1.165, 1.54) is 26.2 Å². The van der Waals surface area contributed by atoms with Crippen LogP contribution in [-0.2, 0) is 14.3 Å². The summed E-state index contributed by atoms with van der Waals surface area (Å²) in [5.41, 5.74) is -2.80. The number of aliphatic hydroxyl groups is 2. The van der Waals surface area contributed by atoms with Gasteiger partial charge in [-0.2, -0.15) is 17.6 Å². The third-order valence-corrected chi connectivity index (χ3v) is 6.47. The van der Waals surface area contributed by atoms with Crippen LogP contribution in [0.5, 0.6) is 5.75 Å². The first-order valence-electron chi connectivity index (χ1n) is 11.3. The Kier molecular flexibility index (Phi) is 8.73. The Bertz CT molecular complexity index is 1100. The second kappa shape index (κ2) is 11.3. The summed E-state index contributed by atoms with van der Waals surface area (Å²) in [6.07, 6.45) is -6.80. The maximum Gasteiger partial charge on any atom is 0.417 e. The quantitative estimate of drug-likeness (QED) is 0.334. The van der Waals surface area contributed by atoms with Crippen LogP contribution in [0.4, 0.5) is 27.6 Å². The summed E-state index contributed by atoms with van der Waals surface area (Å²) < 4.78 is 86.6. The number of halogens is 5. The normalized spacial score (nSPS) is 24.6. The fourth-order valence-corrected chi connectivity index (χ4v) is 4.19. The highest BCUT2D eigenvalue weighted by Crippen LogP contribution is 2.55. The molecule has 0 saturated carbocycles. The molecule has 0 unspecified atom stereocenters. The number of carbonyl (C=O) groups is 1. The first-order valence-corrected chi connectivity index (χ1v) is 11.3.